The Balaban J connectivity index is 1.97. The number of thioether (sulfide) groups is 1. The number of anilines is 2. The summed E-state index contributed by atoms with van der Waals surface area (Å²) in [5.41, 5.74) is 1.04. The van der Waals surface area contributed by atoms with E-state index in [-0.39, 0.29) is 22.3 Å². The van der Waals surface area contributed by atoms with Gasteiger partial charge in [-0.05, 0) is 48.7 Å². The van der Waals surface area contributed by atoms with Gasteiger partial charge in [0.25, 0.3) is 0 Å². The van der Waals surface area contributed by atoms with Gasteiger partial charge in [0.1, 0.15) is 5.82 Å². The summed E-state index contributed by atoms with van der Waals surface area (Å²) in [6.45, 7) is 7.80. The smallest absolute Gasteiger partial charge is 0.237 e. The van der Waals surface area contributed by atoms with Crippen molar-refractivity contribution in [2.45, 2.75) is 44.3 Å². The lowest BCUT2D eigenvalue weighted by molar-refractivity contribution is -0.118. The topological polar surface area (TPSA) is 58.2 Å². The molecule has 2 aromatic rings. The number of carbonyl (C=O) groups is 2. The van der Waals surface area contributed by atoms with E-state index in [4.69, 9.17) is 11.6 Å². The van der Waals surface area contributed by atoms with Crippen LogP contribution in [0.3, 0.4) is 0 Å². The van der Waals surface area contributed by atoms with Crippen molar-refractivity contribution in [3.8, 4) is 0 Å². The summed E-state index contributed by atoms with van der Waals surface area (Å²) < 4.78 is 13.2. The van der Waals surface area contributed by atoms with Gasteiger partial charge in [-0.3, -0.25) is 9.59 Å². The lowest BCUT2D eigenvalue weighted by Crippen LogP contribution is -2.22. The zero-order chi connectivity index (χ0) is 20.9. The van der Waals surface area contributed by atoms with E-state index in [0.29, 0.717) is 17.8 Å². The maximum Gasteiger partial charge on any atom is 0.237 e. The number of benzene rings is 2. The molecular weight excluding hydrogens is 399 g/mol. The van der Waals surface area contributed by atoms with E-state index in [0.717, 1.165) is 4.90 Å². The minimum atomic E-state index is -0.535. The molecule has 2 aromatic carbocycles. The normalized spacial score (nSPS) is 12.4. The molecule has 0 aromatic heterocycles. The van der Waals surface area contributed by atoms with Crippen LogP contribution in [0.4, 0.5) is 15.8 Å². The van der Waals surface area contributed by atoms with E-state index in [9.17, 15) is 14.0 Å². The molecule has 0 aliphatic rings. The SMILES string of the molecule is CC(Sc1cccc(NC(=O)CC(C)(C)C)c1)C(=O)Nc1ccc(F)c(Cl)c1. The molecule has 0 aliphatic carbocycles. The van der Waals surface area contributed by atoms with Gasteiger partial charge >= 0.3 is 0 Å². The van der Waals surface area contributed by atoms with Crippen LogP contribution in [0.2, 0.25) is 5.02 Å². The minimum absolute atomic E-state index is 0.0446. The van der Waals surface area contributed by atoms with Crippen molar-refractivity contribution in [2.24, 2.45) is 5.41 Å². The molecule has 0 heterocycles. The Morgan fingerprint density at radius 1 is 1.11 bits per heavy atom. The van der Waals surface area contributed by atoms with Crippen LogP contribution in [0.1, 0.15) is 34.1 Å². The van der Waals surface area contributed by atoms with Gasteiger partial charge in [0, 0.05) is 22.7 Å². The highest BCUT2D eigenvalue weighted by molar-refractivity contribution is 8.00. The van der Waals surface area contributed by atoms with Gasteiger partial charge < -0.3 is 10.6 Å². The molecule has 0 spiro atoms. The van der Waals surface area contributed by atoms with Crippen molar-refractivity contribution < 1.29 is 14.0 Å². The summed E-state index contributed by atoms with van der Waals surface area (Å²) in [6.07, 6.45) is 0.420. The predicted octanol–water partition coefficient (Wildman–Crippen LogP) is 5.97. The molecule has 150 valence electrons. The first-order chi connectivity index (χ1) is 13.0. The van der Waals surface area contributed by atoms with E-state index >= 15 is 0 Å². The monoisotopic (exact) mass is 422 g/mol. The van der Waals surface area contributed by atoms with Crippen LogP contribution >= 0.6 is 23.4 Å². The van der Waals surface area contributed by atoms with Crippen molar-refractivity contribution in [3.63, 3.8) is 0 Å². The number of hydrogen-bond donors (Lipinski definition) is 2. The fourth-order valence-corrected chi connectivity index (χ4v) is 3.52. The third-order valence-electron chi connectivity index (χ3n) is 3.68. The first kappa shape index (κ1) is 22.2. The zero-order valence-electron chi connectivity index (χ0n) is 16.3. The van der Waals surface area contributed by atoms with Crippen LogP contribution in [0.5, 0.6) is 0 Å². The second kappa shape index (κ2) is 9.43. The second-order valence-corrected chi connectivity index (χ2v) is 9.51. The van der Waals surface area contributed by atoms with Crippen LogP contribution in [0.25, 0.3) is 0 Å². The van der Waals surface area contributed by atoms with Gasteiger partial charge in [-0.1, -0.05) is 38.4 Å². The van der Waals surface area contributed by atoms with Crippen molar-refractivity contribution >= 4 is 46.6 Å². The van der Waals surface area contributed by atoms with Crippen LogP contribution in [0, 0.1) is 11.2 Å². The summed E-state index contributed by atoms with van der Waals surface area (Å²) in [7, 11) is 0. The summed E-state index contributed by atoms with van der Waals surface area (Å²) in [4.78, 5) is 25.4. The minimum Gasteiger partial charge on any atom is -0.326 e. The van der Waals surface area contributed by atoms with E-state index in [2.05, 4.69) is 10.6 Å². The maximum atomic E-state index is 13.2. The largest absolute Gasteiger partial charge is 0.326 e. The number of carbonyl (C=O) groups excluding carboxylic acids is 2. The maximum absolute atomic E-state index is 13.2. The average Bonchev–Trinajstić information content (AvgIpc) is 2.56. The van der Waals surface area contributed by atoms with Crippen LogP contribution in [-0.4, -0.2) is 17.1 Å². The number of rotatable bonds is 6. The third-order valence-corrected chi connectivity index (χ3v) is 5.06. The number of hydrogen-bond acceptors (Lipinski definition) is 3. The van der Waals surface area contributed by atoms with Crippen LogP contribution in [0.15, 0.2) is 47.4 Å². The summed E-state index contributed by atoms with van der Waals surface area (Å²) in [5, 5.41) is 5.17. The van der Waals surface area contributed by atoms with Crippen molar-refractivity contribution in [2.75, 3.05) is 10.6 Å². The molecule has 7 heteroatoms. The van der Waals surface area contributed by atoms with Crippen molar-refractivity contribution in [1.82, 2.24) is 0 Å². The highest BCUT2D eigenvalue weighted by Crippen LogP contribution is 2.28. The van der Waals surface area contributed by atoms with Crippen molar-refractivity contribution in [1.29, 1.82) is 0 Å². The number of halogens is 2. The molecule has 28 heavy (non-hydrogen) atoms. The predicted molar refractivity (Wildman–Crippen MR) is 115 cm³/mol. The Kier molecular flexibility index (Phi) is 7.49. The van der Waals surface area contributed by atoms with Gasteiger partial charge in [-0.2, -0.15) is 0 Å². The zero-order valence-corrected chi connectivity index (χ0v) is 17.9. The lowest BCUT2D eigenvalue weighted by atomic mass is 9.92. The number of amides is 2. The summed E-state index contributed by atoms with van der Waals surface area (Å²) in [5.74, 6) is -0.809. The fourth-order valence-electron chi connectivity index (χ4n) is 2.41. The Morgan fingerprint density at radius 2 is 1.79 bits per heavy atom. The quantitative estimate of drug-likeness (QED) is 0.563. The van der Waals surface area contributed by atoms with Crippen LogP contribution in [-0.2, 0) is 9.59 Å². The Bertz CT molecular complexity index is 868. The second-order valence-electron chi connectivity index (χ2n) is 7.69. The molecule has 2 amide bonds. The average molecular weight is 423 g/mol. The lowest BCUT2D eigenvalue weighted by Gasteiger charge is -2.17. The molecule has 1 unspecified atom stereocenters. The first-order valence-corrected chi connectivity index (χ1v) is 10.1. The first-order valence-electron chi connectivity index (χ1n) is 8.86. The summed E-state index contributed by atoms with van der Waals surface area (Å²) >= 11 is 7.10. The Hall–Kier alpha value is -2.05. The van der Waals surface area contributed by atoms with E-state index in [1.807, 2.05) is 45.0 Å². The van der Waals surface area contributed by atoms with Gasteiger partial charge in [0.2, 0.25) is 11.8 Å². The standard InChI is InChI=1S/C21H24ClFN2O2S/c1-13(20(27)25-15-8-9-18(23)17(22)11-15)28-16-7-5-6-14(10-16)24-19(26)12-21(2,3)4/h5-11,13H,12H2,1-4H3,(H,24,26)(H,25,27). The van der Waals surface area contributed by atoms with Crippen LogP contribution < -0.4 is 10.6 Å². The van der Waals surface area contributed by atoms with Gasteiger partial charge in [-0.25, -0.2) is 4.39 Å². The van der Waals surface area contributed by atoms with Crippen molar-refractivity contribution in [3.05, 3.63) is 53.3 Å². The molecule has 0 saturated carbocycles. The molecular formula is C21H24ClFN2O2S. The van der Waals surface area contributed by atoms with Gasteiger partial charge in [0.05, 0.1) is 10.3 Å². The Labute approximate surface area is 174 Å². The fraction of sp³-hybridized carbons (Fsp3) is 0.333. The molecule has 0 saturated heterocycles. The molecule has 4 nitrogen and oxygen atoms in total. The highest BCUT2D eigenvalue weighted by atomic mass is 35.5. The molecule has 0 aliphatic heterocycles. The molecule has 0 radical (unpaired) electrons. The number of nitrogens with one attached hydrogen (secondary N) is 2. The van der Waals surface area contributed by atoms with E-state index < -0.39 is 11.1 Å². The van der Waals surface area contributed by atoms with E-state index in [1.165, 1.54) is 30.0 Å². The molecule has 2 rings (SSSR count). The third kappa shape index (κ3) is 7.17. The van der Waals surface area contributed by atoms with Gasteiger partial charge in [0.15, 0.2) is 0 Å². The molecule has 1 atom stereocenters. The Morgan fingerprint density at radius 3 is 2.43 bits per heavy atom. The van der Waals surface area contributed by atoms with Gasteiger partial charge in [-0.15, -0.1) is 11.8 Å². The molecule has 2 N–H and O–H groups in total. The molecule has 0 fully saturated rings. The van der Waals surface area contributed by atoms with E-state index in [1.54, 1.807) is 6.92 Å². The molecule has 0 bridgehead atoms. The highest BCUT2D eigenvalue weighted by Gasteiger charge is 2.17. The summed E-state index contributed by atoms with van der Waals surface area (Å²) in [6, 6.07) is 11.4.